The van der Waals surface area contributed by atoms with Gasteiger partial charge in [0.15, 0.2) is 5.75 Å². The van der Waals surface area contributed by atoms with E-state index in [0.29, 0.717) is 32.1 Å². The lowest BCUT2D eigenvalue weighted by molar-refractivity contribution is -0.385. The molecule has 4 amide bonds. The van der Waals surface area contributed by atoms with Gasteiger partial charge in [-0.2, -0.15) is 5.10 Å². The summed E-state index contributed by atoms with van der Waals surface area (Å²) in [7, 11) is 3.23. The zero-order chi connectivity index (χ0) is 35.3. The minimum Gasteiger partial charge on any atom is -0.490 e. The number of fused-ring (bicyclic) bond motifs is 1. The second-order valence-corrected chi connectivity index (χ2v) is 13.2. The van der Waals surface area contributed by atoms with Crippen LogP contribution in [-0.2, 0) is 16.6 Å². The Kier molecular flexibility index (Phi) is 8.71. The molecule has 1 atom stereocenters. The predicted molar refractivity (Wildman–Crippen MR) is 179 cm³/mol. The van der Waals surface area contributed by atoms with Gasteiger partial charge in [-0.15, -0.1) is 0 Å². The first-order valence-electron chi connectivity index (χ1n) is 16.6. The average Bonchev–Trinajstić information content (AvgIpc) is 3.64. The van der Waals surface area contributed by atoms with E-state index >= 15 is 4.39 Å². The van der Waals surface area contributed by atoms with Crippen molar-refractivity contribution in [3.63, 3.8) is 0 Å². The van der Waals surface area contributed by atoms with Crippen LogP contribution in [0, 0.1) is 21.8 Å². The number of rotatable bonds is 8. The third kappa shape index (κ3) is 6.03. The summed E-state index contributed by atoms with van der Waals surface area (Å²) in [6, 6.07) is 4.69. The Hall–Kier alpha value is -5.38. The van der Waals surface area contributed by atoms with Gasteiger partial charge in [0, 0.05) is 94.4 Å². The van der Waals surface area contributed by atoms with Crippen molar-refractivity contribution >= 4 is 40.7 Å². The zero-order valence-electron chi connectivity index (χ0n) is 27.8. The first-order chi connectivity index (χ1) is 24.0. The molecule has 0 aliphatic carbocycles. The second-order valence-electron chi connectivity index (χ2n) is 13.2. The van der Waals surface area contributed by atoms with Crippen molar-refractivity contribution in [1.29, 1.82) is 0 Å². The maximum Gasteiger partial charge on any atom is 0.311 e. The predicted octanol–water partition coefficient (Wildman–Crippen LogP) is 2.58. The van der Waals surface area contributed by atoms with Crippen LogP contribution < -0.4 is 19.9 Å². The van der Waals surface area contributed by atoms with Gasteiger partial charge in [-0.1, -0.05) is 0 Å². The number of nitro groups is 1. The molecule has 7 rings (SSSR count). The third-order valence-corrected chi connectivity index (χ3v) is 10.2. The summed E-state index contributed by atoms with van der Waals surface area (Å²) in [6.07, 6.45) is 5.42. The van der Waals surface area contributed by atoms with Gasteiger partial charge in [0.1, 0.15) is 11.9 Å². The summed E-state index contributed by atoms with van der Waals surface area (Å²) in [4.78, 5) is 69.0. The maximum absolute atomic E-state index is 15.4. The second kappa shape index (κ2) is 13.2. The molecule has 15 nitrogen and oxygen atoms in total. The van der Waals surface area contributed by atoms with E-state index in [2.05, 4.69) is 20.2 Å². The number of hydrogen-bond donors (Lipinski definition) is 1. The molecule has 16 heteroatoms. The number of halogens is 1. The number of nitrogens with zero attached hydrogens (tertiary/aromatic N) is 7. The molecule has 0 spiro atoms. The number of nitro benzene ring substituents is 1. The third-order valence-electron chi connectivity index (χ3n) is 10.2. The molecular formula is C34H37FN8O7. The van der Waals surface area contributed by atoms with Gasteiger partial charge in [-0.3, -0.25) is 49.1 Å². The van der Waals surface area contributed by atoms with Crippen molar-refractivity contribution < 1.29 is 33.2 Å². The largest absolute Gasteiger partial charge is 0.490 e. The summed E-state index contributed by atoms with van der Waals surface area (Å²) in [5, 5.41) is 18.2. The fourth-order valence-electron chi connectivity index (χ4n) is 7.53. The number of ether oxygens (including phenoxy) is 1. The number of aryl methyl sites for hydroxylation is 1. The highest BCUT2D eigenvalue weighted by molar-refractivity contribution is 6.23. The number of piperidine rings is 2. The molecule has 0 saturated carbocycles. The summed E-state index contributed by atoms with van der Waals surface area (Å²) < 4.78 is 22.5. The molecule has 0 radical (unpaired) electrons. The van der Waals surface area contributed by atoms with E-state index in [9.17, 15) is 29.3 Å². The van der Waals surface area contributed by atoms with Crippen LogP contribution >= 0.6 is 0 Å². The van der Waals surface area contributed by atoms with Crippen LogP contribution in [-0.4, -0.2) is 107 Å². The lowest BCUT2D eigenvalue weighted by Crippen LogP contribution is -2.54. The van der Waals surface area contributed by atoms with Crippen LogP contribution in [0.1, 0.15) is 46.4 Å². The van der Waals surface area contributed by atoms with E-state index in [1.165, 1.54) is 13.2 Å². The summed E-state index contributed by atoms with van der Waals surface area (Å²) in [6.45, 7) is 4.85. The minimum atomic E-state index is -1.11. The Bertz CT molecular complexity index is 1900. The Morgan fingerprint density at radius 2 is 1.60 bits per heavy atom. The van der Waals surface area contributed by atoms with Gasteiger partial charge in [0.05, 0.1) is 35.0 Å². The van der Waals surface area contributed by atoms with Crippen LogP contribution in [0.25, 0.3) is 11.1 Å². The van der Waals surface area contributed by atoms with E-state index in [4.69, 9.17) is 4.74 Å². The fourth-order valence-corrected chi connectivity index (χ4v) is 7.53. The molecule has 2 aromatic carbocycles. The number of methoxy groups -OCH3 is 1. The van der Waals surface area contributed by atoms with Crippen molar-refractivity contribution in [2.24, 2.45) is 13.0 Å². The summed E-state index contributed by atoms with van der Waals surface area (Å²) in [5.74, 6) is -2.53. The SMILES string of the molecule is COc1cc(N2CCC(CN3CCN(c4cc5c(cc4F)C(=O)N(C4CCC(=O)NC4=O)C5=O)CC3)CC2)c(-c2cnn(C)c2)cc1[N+](=O)[O-]. The smallest absolute Gasteiger partial charge is 0.311 e. The maximum atomic E-state index is 15.4. The lowest BCUT2D eigenvalue weighted by Gasteiger charge is -2.40. The van der Waals surface area contributed by atoms with Crippen LogP contribution in [0.5, 0.6) is 5.75 Å². The van der Waals surface area contributed by atoms with E-state index in [1.54, 1.807) is 30.1 Å². The zero-order valence-corrected chi connectivity index (χ0v) is 27.8. The van der Waals surface area contributed by atoms with Crippen LogP contribution in [0.4, 0.5) is 21.5 Å². The first kappa shape index (κ1) is 33.1. The Morgan fingerprint density at radius 1 is 0.920 bits per heavy atom. The molecule has 4 aliphatic rings. The number of benzene rings is 2. The topological polar surface area (TPSA) is 163 Å². The van der Waals surface area contributed by atoms with Gasteiger partial charge in [0.25, 0.3) is 11.8 Å². The quantitative estimate of drug-likeness (QED) is 0.210. The number of carbonyl (C=O) groups excluding carboxylic acids is 4. The molecule has 0 bridgehead atoms. The highest BCUT2D eigenvalue weighted by Crippen LogP contribution is 2.41. The molecule has 5 heterocycles. The standard InChI is InChI=1S/C34H37FN8O7/c1-38-19-21(17-36-38)22-14-29(43(48)49)30(50-2)16-27(22)40-7-5-20(6-8-40)18-39-9-11-41(12-10-39)28-15-24-23(13-25(28)35)33(46)42(34(24)47)26-3-4-31(44)37-32(26)45/h13-17,19-20,26H,3-12,18H2,1-2H3,(H,37,44,45). The molecule has 1 N–H and O–H groups in total. The van der Waals surface area contributed by atoms with Gasteiger partial charge < -0.3 is 14.5 Å². The molecular weight excluding hydrogens is 651 g/mol. The number of hydrogen-bond acceptors (Lipinski definition) is 11. The minimum absolute atomic E-state index is 0.00886. The molecule has 1 unspecified atom stereocenters. The number of piperazine rings is 1. The Morgan fingerprint density at radius 3 is 2.22 bits per heavy atom. The van der Waals surface area contributed by atoms with Gasteiger partial charge in [-0.25, -0.2) is 4.39 Å². The molecule has 3 aromatic rings. The molecule has 3 saturated heterocycles. The number of imide groups is 2. The number of carbonyl (C=O) groups is 4. The molecule has 50 heavy (non-hydrogen) atoms. The first-order valence-corrected chi connectivity index (χ1v) is 16.6. The van der Waals surface area contributed by atoms with E-state index in [-0.39, 0.29) is 41.1 Å². The number of nitrogens with one attached hydrogen (secondary N) is 1. The monoisotopic (exact) mass is 688 g/mol. The number of aromatic nitrogens is 2. The van der Waals surface area contributed by atoms with Gasteiger partial charge in [0.2, 0.25) is 11.8 Å². The van der Waals surface area contributed by atoms with E-state index in [1.807, 2.05) is 11.1 Å². The normalized spacial score (nSPS) is 20.4. The fraction of sp³-hybridized carbons (Fsp3) is 0.441. The molecule has 3 fully saturated rings. The molecule has 4 aliphatic heterocycles. The van der Waals surface area contributed by atoms with Crippen LogP contribution in [0.2, 0.25) is 0 Å². The summed E-state index contributed by atoms with van der Waals surface area (Å²) >= 11 is 0. The molecule has 262 valence electrons. The van der Waals surface area contributed by atoms with Crippen molar-refractivity contribution in [2.75, 3.05) is 62.7 Å². The highest BCUT2D eigenvalue weighted by atomic mass is 19.1. The number of anilines is 2. The van der Waals surface area contributed by atoms with E-state index < -0.39 is 40.4 Å². The van der Waals surface area contributed by atoms with Gasteiger partial charge >= 0.3 is 5.69 Å². The Labute approximate surface area is 286 Å². The van der Waals surface area contributed by atoms with Crippen molar-refractivity contribution in [3.8, 4) is 16.9 Å². The number of amides is 4. The van der Waals surface area contributed by atoms with Crippen LogP contribution in [0.15, 0.2) is 36.7 Å². The van der Waals surface area contributed by atoms with Crippen molar-refractivity contribution in [2.45, 2.75) is 31.7 Å². The van der Waals surface area contributed by atoms with E-state index in [0.717, 1.165) is 60.3 Å². The van der Waals surface area contributed by atoms with Crippen LogP contribution in [0.3, 0.4) is 0 Å². The average molecular weight is 689 g/mol. The molecule has 1 aromatic heterocycles. The van der Waals surface area contributed by atoms with Gasteiger partial charge in [-0.05, 0) is 37.3 Å². The highest BCUT2D eigenvalue weighted by Gasteiger charge is 2.45. The summed E-state index contributed by atoms with van der Waals surface area (Å²) in [5.41, 5.74) is 2.51. The van der Waals surface area contributed by atoms with Crippen molar-refractivity contribution in [1.82, 2.24) is 24.9 Å². The van der Waals surface area contributed by atoms with Crippen molar-refractivity contribution in [3.05, 3.63) is 63.7 Å². The Balaban J connectivity index is 0.975. The lowest BCUT2D eigenvalue weighted by atomic mass is 9.94.